The van der Waals surface area contributed by atoms with Gasteiger partial charge in [-0.05, 0) is 43.5 Å². The number of ether oxygens (including phenoxy) is 1. The van der Waals surface area contributed by atoms with Crippen molar-refractivity contribution in [3.8, 4) is 5.75 Å². The number of nitrogens with zero attached hydrogens (tertiary/aromatic N) is 3. The Kier molecular flexibility index (Phi) is 7.92. The number of unbranched alkanes of at least 4 members (excludes halogenated alkanes) is 1. The van der Waals surface area contributed by atoms with Crippen LogP contribution in [-0.2, 0) is 19.6 Å². The van der Waals surface area contributed by atoms with Crippen molar-refractivity contribution in [1.82, 2.24) is 19.6 Å². The van der Waals surface area contributed by atoms with Gasteiger partial charge in [0.25, 0.3) is 11.8 Å². The molecule has 2 fully saturated rings. The molecule has 0 aromatic heterocycles. The molecule has 0 bridgehead atoms. The quantitative estimate of drug-likeness (QED) is 0.221. The van der Waals surface area contributed by atoms with E-state index in [2.05, 4.69) is 0 Å². The van der Waals surface area contributed by atoms with Crippen LogP contribution in [0.4, 0.5) is 4.79 Å². The largest absolute Gasteiger partial charge is 0.494 e. The summed E-state index contributed by atoms with van der Waals surface area (Å²) >= 11 is 0. The van der Waals surface area contributed by atoms with Crippen LogP contribution in [0.25, 0.3) is 0 Å². The van der Waals surface area contributed by atoms with E-state index >= 15 is 0 Å². The Bertz CT molecular complexity index is 983. The van der Waals surface area contributed by atoms with Crippen molar-refractivity contribution in [1.29, 1.82) is 0 Å². The number of benzene rings is 1. The summed E-state index contributed by atoms with van der Waals surface area (Å²) in [6, 6.07) is 3.25. The van der Waals surface area contributed by atoms with Gasteiger partial charge in [0.05, 0.1) is 17.5 Å². The molecular formula is C21H30N4O7S. The molecule has 1 aromatic rings. The van der Waals surface area contributed by atoms with E-state index in [1.807, 2.05) is 13.8 Å². The zero-order valence-electron chi connectivity index (χ0n) is 18.8. The van der Waals surface area contributed by atoms with E-state index in [9.17, 15) is 22.8 Å². The lowest BCUT2D eigenvalue weighted by atomic mass is 10.1. The Morgan fingerprint density at radius 1 is 1.18 bits per heavy atom. The molecule has 2 aliphatic rings. The molecule has 0 aliphatic carbocycles. The minimum absolute atomic E-state index is 0.0617. The molecule has 2 aliphatic heterocycles. The molecule has 3 rings (SSSR count). The van der Waals surface area contributed by atoms with Gasteiger partial charge < -0.3 is 9.64 Å². The highest BCUT2D eigenvalue weighted by Crippen LogP contribution is 2.31. The zero-order valence-corrected chi connectivity index (χ0v) is 19.6. The maximum atomic E-state index is 13.4. The van der Waals surface area contributed by atoms with Crippen LogP contribution < -0.4 is 10.2 Å². The van der Waals surface area contributed by atoms with Crippen LogP contribution in [0.3, 0.4) is 0 Å². The van der Waals surface area contributed by atoms with Gasteiger partial charge in [-0.2, -0.15) is 4.31 Å². The number of hydrogen-bond donors (Lipinski definition) is 2. The van der Waals surface area contributed by atoms with Gasteiger partial charge in [-0.25, -0.2) is 18.7 Å². The summed E-state index contributed by atoms with van der Waals surface area (Å²) in [5.41, 5.74) is 1.50. The number of sulfonamides is 1. The molecule has 4 amide bonds. The Morgan fingerprint density at radius 3 is 2.48 bits per heavy atom. The second-order valence-corrected chi connectivity index (χ2v) is 9.99. The van der Waals surface area contributed by atoms with Crippen molar-refractivity contribution in [2.24, 2.45) is 0 Å². The molecule has 12 heteroatoms. The van der Waals surface area contributed by atoms with Gasteiger partial charge >= 0.3 is 6.03 Å². The van der Waals surface area contributed by atoms with E-state index in [0.717, 1.165) is 22.0 Å². The lowest BCUT2D eigenvalue weighted by Gasteiger charge is -2.23. The standard InChI is InChI=1S/C21H30N4O7S/c1-3-5-11-32-16-6-8-17(9-7-16)33(30,31)24-13-15(12-18(24)20(27)22-29)25-19(26)14-23(10-4-2)21(25)28/h6-9,15,18,29H,3-5,10-14H2,1-2H3,(H,22,27)/t15?,18-/m1/s1. The normalized spacial score (nSPS) is 21.7. The summed E-state index contributed by atoms with van der Waals surface area (Å²) < 4.78 is 33.2. The fourth-order valence-electron chi connectivity index (χ4n) is 4.10. The number of hydrogen-bond acceptors (Lipinski definition) is 7. The Hall–Kier alpha value is -2.70. The molecule has 0 radical (unpaired) electrons. The Morgan fingerprint density at radius 2 is 1.88 bits per heavy atom. The molecule has 2 heterocycles. The monoisotopic (exact) mass is 482 g/mol. The van der Waals surface area contributed by atoms with Gasteiger partial charge in [-0.3, -0.25) is 19.7 Å². The second-order valence-electron chi connectivity index (χ2n) is 8.10. The first-order chi connectivity index (χ1) is 15.7. The molecule has 11 nitrogen and oxygen atoms in total. The van der Waals surface area contributed by atoms with Crippen molar-refractivity contribution in [3.05, 3.63) is 24.3 Å². The Labute approximate surface area is 193 Å². The fourth-order valence-corrected chi connectivity index (χ4v) is 5.73. The number of carbonyl (C=O) groups is 3. The minimum atomic E-state index is -4.16. The number of rotatable bonds is 10. The van der Waals surface area contributed by atoms with E-state index in [0.29, 0.717) is 25.3 Å². The van der Waals surface area contributed by atoms with Gasteiger partial charge in [0.15, 0.2) is 0 Å². The van der Waals surface area contributed by atoms with Crippen LogP contribution in [0.15, 0.2) is 29.2 Å². The Balaban J connectivity index is 1.83. The number of nitrogens with one attached hydrogen (secondary N) is 1. The summed E-state index contributed by atoms with van der Waals surface area (Å²) in [4.78, 5) is 39.9. The molecule has 2 atom stereocenters. The highest BCUT2D eigenvalue weighted by atomic mass is 32.2. The molecular weight excluding hydrogens is 452 g/mol. The molecule has 182 valence electrons. The van der Waals surface area contributed by atoms with Gasteiger partial charge in [-0.15, -0.1) is 0 Å². The van der Waals surface area contributed by atoms with E-state index in [-0.39, 0.29) is 24.4 Å². The van der Waals surface area contributed by atoms with Crippen LogP contribution in [0.1, 0.15) is 39.5 Å². The molecule has 33 heavy (non-hydrogen) atoms. The van der Waals surface area contributed by atoms with Crippen LogP contribution in [0, 0.1) is 0 Å². The summed E-state index contributed by atoms with van der Waals surface area (Å²) in [6.45, 7) is 4.52. The number of imide groups is 1. The van der Waals surface area contributed by atoms with Crippen LogP contribution in [-0.4, -0.2) is 83.9 Å². The highest BCUT2D eigenvalue weighted by Gasteiger charge is 2.50. The zero-order chi connectivity index (χ0) is 24.2. The van der Waals surface area contributed by atoms with Crippen molar-refractivity contribution in [2.45, 2.75) is 56.5 Å². The van der Waals surface area contributed by atoms with E-state index in [4.69, 9.17) is 9.94 Å². The molecule has 1 unspecified atom stereocenters. The second kappa shape index (κ2) is 10.5. The summed E-state index contributed by atoms with van der Waals surface area (Å²) in [6.07, 6.45) is 2.40. The number of urea groups is 1. The highest BCUT2D eigenvalue weighted by molar-refractivity contribution is 7.89. The third kappa shape index (κ3) is 5.12. The lowest BCUT2D eigenvalue weighted by molar-refractivity contribution is -0.132. The minimum Gasteiger partial charge on any atom is -0.494 e. The maximum Gasteiger partial charge on any atom is 0.327 e. The summed E-state index contributed by atoms with van der Waals surface area (Å²) in [7, 11) is -4.16. The van der Waals surface area contributed by atoms with Crippen molar-refractivity contribution in [3.63, 3.8) is 0 Å². The van der Waals surface area contributed by atoms with Gasteiger partial charge in [-0.1, -0.05) is 20.3 Å². The fraction of sp³-hybridized carbons (Fsp3) is 0.571. The van der Waals surface area contributed by atoms with Crippen molar-refractivity contribution < 1.29 is 32.7 Å². The SMILES string of the molecule is CCCCOc1ccc(S(=O)(=O)N2CC(N3C(=O)CN(CCC)C3=O)C[C@@H]2C(=O)NO)cc1. The number of amides is 4. The van der Waals surface area contributed by atoms with E-state index in [1.165, 1.54) is 34.6 Å². The van der Waals surface area contributed by atoms with Crippen molar-refractivity contribution >= 4 is 27.9 Å². The molecule has 1 aromatic carbocycles. The molecule has 0 saturated carbocycles. The predicted octanol–water partition coefficient (Wildman–Crippen LogP) is 1.18. The first-order valence-corrected chi connectivity index (χ1v) is 12.5. The van der Waals surface area contributed by atoms with E-state index < -0.39 is 40.0 Å². The van der Waals surface area contributed by atoms with Crippen LogP contribution in [0.2, 0.25) is 0 Å². The average Bonchev–Trinajstić information content (AvgIpc) is 3.35. The third-order valence-corrected chi connectivity index (χ3v) is 7.66. The van der Waals surface area contributed by atoms with Gasteiger partial charge in [0.2, 0.25) is 10.0 Å². The lowest BCUT2D eigenvalue weighted by Crippen LogP contribution is -2.45. The summed E-state index contributed by atoms with van der Waals surface area (Å²) in [5, 5.41) is 9.16. The van der Waals surface area contributed by atoms with Crippen molar-refractivity contribution in [2.75, 3.05) is 26.2 Å². The number of carbonyl (C=O) groups excluding carboxylic acids is 3. The molecule has 0 spiro atoms. The number of hydroxylamine groups is 1. The smallest absolute Gasteiger partial charge is 0.327 e. The van der Waals surface area contributed by atoms with E-state index in [1.54, 1.807) is 0 Å². The third-order valence-electron chi connectivity index (χ3n) is 5.77. The summed E-state index contributed by atoms with van der Waals surface area (Å²) in [5.74, 6) is -0.838. The van der Waals surface area contributed by atoms with Gasteiger partial charge in [0.1, 0.15) is 18.3 Å². The van der Waals surface area contributed by atoms with Crippen LogP contribution in [0.5, 0.6) is 5.75 Å². The maximum absolute atomic E-state index is 13.4. The predicted molar refractivity (Wildman–Crippen MR) is 117 cm³/mol. The van der Waals surface area contributed by atoms with Gasteiger partial charge in [0, 0.05) is 13.1 Å². The first-order valence-electron chi connectivity index (χ1n) is 11.0. The topological polar surface area (TPSA) is 137 Å². The first kappa shape index (κ1) is 24.9. The molecule has 2 N–H and O–H groups in total. The van der Waals surface area contributed by atoms with Crippen LogP contribution >= 0.6 is 0 Å². The molecule has 2 saturated heterocycles. The average molecular weight is 483 g/mol.